The van der Waals surface area contributed by atoms with E-state index in [1.807, 2.05) is 18.2 Å². The van der Waals surface area contributed by atoms with Gasteiger partial charge in [-0.15, -0.1) is 0 Å². The molecule has 1 aromatic rings. The Morgan fingerprint density at radius 3 is 2.79 bits per heavy atom. The molecule has 0 aliphatic heterocycles. The summed E-state index contributed by atoms with van der Waals surface area (Å²) in [5.41, 5.74) is 1.95. The largest absolute Gasteiger partial charge is 0.478 e. The number of halogens is 2. The first-order chi connectivity index (χ1) is 6.65. The second-order valence-electron chi connectivity index (χ2n) is 2.62. The highest BCUT2D eigenvalue weighted by molar-refractivity contribution is 9.10. The molecule has 0 saturated carbocycles. The van der Waals surface area contributed by atoms with Crippen LogP contribution in [0.15, 0.2) is 28.7 Å². The third-order valence-corrected chi connectivity index (χ3v) is 2.98. The summed E-state index contributed by atoms with van der Waals surface area (Å²) in [6, 6.07) is 5.74. The van der Waals surface area contributed by atoms with E-state index in [-0.39, 0.29) is 0 Å². The van der Waals surface area contributed by atoms with Crippen molar-refractivity contribution >= 4 is 43.9 Å². The highest BCUT2D eigenvalue weighted by atomic mass is 79.9. The molecule has 0 atom stereocenters. The number of alkyl halides is 1. The van der Waals surface area contributed by atoms with Gasteiger partial charge in [0, 0.05) is 15.9 Å². The van der Waals surface area contributed by atoms with Crippen molar-refractivity contribution in [3.8, 4) is 0 Å². The fourth-order valence-corrected chi connectivity index (χ4v) is 2.07. The molecule has 0 fully saturated rings. The number of aliphatic carboxylic acids is 1. The minimum atomic E-state index is -0.943. The van der Waals surface area contributed by atoms with E-state index in [0.29, 0.717) is 5.33 Å². The molecule has 1 N–H and O–H groups in total. The maximum atomic E-state index is 10.4. The molecule has 0 aromatic heterocycles. The van der Waals surface area contributed by atoms with E-state index in [1.165, 1.54) is 0 Å². The summed E-state index contributed by atoms with van der Waals surface area (Å²) in [5, 5.41) is 9.22. The molecule has 1 aromatic carbocycles. The predicted octanol–water partition coefficient (Wildman–Crippen LogP) is 3.44. The van der Waals surface area contributed by atoms with Gasteiger partial charge in [-0.05, 0) is 23.3 Å². The molecule has 14 heavy (non-hydrogen) atoms. The maximum Gasteiger partial charge on any atom is 0.328 e. The number of carboxylic acids is 1. The number of benzene rings is 1. The van der Waals surface area contributed by atoms with Crippen LogP contribution < -0.4 is 0 Å². The number of carbonyl (C=O) groups is 1. The summed E-state index contributed by atoms with van der Waals surface area (Å²) in [7, 11) is 0. The van der Waals surface area contributed by atoms with E-state index >= 15 is 0 Å². The molecule has 0 heterocycles. The first-order valence-corrected chi connectivity index (χ1v) is 5.81. The lowest BCUT2D eigenvalue weighted by atomic mass is 10.1. The van der Waals surface area contributed by atoms with Crippen LogP contribution in [0.3, 0.4) is 0 Å². The van der Waals surface area contributed by atoms with Gasteiger partial charge in [0.25, 0.3) is 0 Å². The lowest BCUT2D eigenvalue weighted by Gasteiger charge is -2.04. The van der Waals surface area contributed by atoms with Crippen LogP contribution in [-0.4, -0.2) is 11.1 Å². The lowest BCUT2D eigenvalue weighted by Crippen LogP contribution is -1.89. The minimum Gasteiger partial charge on any atom is -0.478 e. The summed E-state index contributed by atoms with van der Waals surface area (Å²) in [6.07, 6.45) is 2.72. The Labute approximate surface area is 98.9 Å². The van der Waals surface area contributed by atoms with Crippen LogP contribution in [0.1, 0.15) is 11.1 Å². The molecule has 1 rings (SSSR count). The Kier molecular flexibility index (Phi) is 4.35. The third kappa shape index (κ3) is 2.96. The zero-order valence-electron chi connectivity index (χ0n) is 7.21. The monoisotopic (exact) mass is 318 g/mol. The van der Waals surface area contributed by atoms with Crippen molar-refractivity contribution < 1.29 is 9.90 Å². The van der Waals surface area contributed by atoms with Crippen LogP contribution in [0.25, 0.3) is 6.08 Å². The molecular formula is C10H8Br2O2. The Morgan fingerprint density at radius 1 is 1.50 bits per heavy atom. The Balaban J connectivity index is 3.11. The molecule has 0 spiro atoms. The molecule has 2 nitrogen and oxygen atoms in total. The number of rotatable bonds is 3. The second kappa shape index (κ2) is 5.32. The summed E-state index contributed by atoms with van der Waals surface area (Å²) in [4.78, 5) is 10.4. The van der Waals surface area contributed by atoms with Crippen molar-refractivity contribution in [1.82, 2.24) is 0 Å². The van der Waals surface area contributed by atoms with Crippen LogP contribution in [0.2, 0.25) is 0 Å². The molecule has 0 radical (unpaired) electrons. The van der Waals surface area contributed by atoms with E-state index in [9.17, 15) is 4.79 Å². The summed E-state index contributed by atoms with van der Waals surface area (Å²) >= 11 is 6.72. The van der Waals surface area contributed by atoms with Gasteiger partial charge in [0.15, 0.2) is 0 Å². The highest BCUT2D eigenvalue weighted by Crippen LogP contribution is 2.23. The van der Waals surface area contributed by atoms with Crippen molar-refractivity contribution in [3.05, 3.63) is 39.9 Å². The first kappa shape index (κ1) is 11.5. The third-order valence-electron chi connectivity index (χ3n) is 1.68. The topological polar surface area (TPSA) is 37.3 Å². The molecule has 0 saturated heterocycles. The van der Waals surface area contributed by atoms with Crippen molar-refractivity contribution in [3.63, 3.8) is 0 Å². The van der Waals surface area contributed by atoms with Crippen LogP contribution in [-0.2, 0) is 10.1 Å². The van der Waals surface area contributed by atoms with Crippen molar-refractivity contribution in [1.29, 1.82) is 0 Å². The molecule has 0 bridgehead atoms. The van der Waals surface area contributed by atoms with Crippen molar-refractivity contribution in [2.24, 2.45) is 0 Å². The number of carboxylic acid groups (broad SMARTS) is 1. The summed E-state index contributed by atoms with van der Waals surface area (Å²) in [6.45, 7) is 0. The van der Waals surface area contributed by atoms with Gasteiger partial charge in [-0.25, -0.2) is 4.79 Å². The molecule has 74 valence electrons. The second-order valence-corrected chi connectivity index (χ2v) is 4.03. The zero-order valence-corrected chi connectivity index (χ0v) is 10.4. The van der Waals surface area contributed by atoms with E-state index in [1.54, 1.807) is 6.08 Å². The normalized spacial score (nSPS) is 10.7. The molecule has 0 aliphatic carbocycles. The van der Waals surface area contributed by atoms with Crippen LogP contribution in [0, 0.1) is 0 Å². The van der Waals surface area contributed by atoms with Crippen molar-refractivity contribution in [2.45, 2.75) is 5.33 Å². The SMILES string of the molecule is O=C(O)/C=C/c1c(Br)cccc1CBr. The summed E-state index contributed by atoms with van der Waals surface area (Å²) < 4.78 is 0.895. The molecule has 4 heteroatoms. The predicted molar refractivity (Wildman–Crippen MR) is 63.4 cm³/mol. The molecule has 0 aliphatic rings. The van der Waals surface area contributed by atoms with Crippen LogP contribution in [0.4, 0.5) is 0 Å². The zero-order chi connectivity index (χ0) is 10.6. The van der Waals surface area contributed by atoms with Crippen LogP contribution >= 0.6 is 31.9 Å². The molecule has 0 amide bonds. The van der Waals surface area contributed by atoms with E-state index in [0.717, 1.165) is 21.7 Å². The highest BCUT2D eigenvalue weighted by Gasteiger charge is 2.02. The quantitative estimate of drug-likeness (QED) is 0.684. The smallest absolute Gasteiger partial charge is 0.328 e. The number of hydrogen-bond acceptors (Lipinski definition) is 1. The van der Waals surface area contributed by atoms with Crippen LogP contribution in [0.5, 0.6) is 0 Å². The fourth-order valence-electron chi connectivity index (χ4n) is 1.04. The van der Waals surface area contributed by atoms with Gasteiger partial charge >= 0.3 is 5.97 Å². The number of hydrogen-bond donors (Lipinski definition) is 1. The standard InChI is InChI=1S/C10H8Br2O2/c11-6-7-2-1-3-9(12)8(7)4-5-10(13)14/h1-5H,6H2,(H,13,14)/b5-4+. The average Bonchev–Trinajstić information content (AvgIpc) is 2.15. The Bertz CT molecular complexity index is 372. The average molecular weight is 320 g/mol. The Hall–Kier alpha value is -0.610. The lowest BCUT2D eigenvalue weighted by molar-refractivity contribution is -0.131. The van der Waals surface area contributed by atoms with Gasteiger partial charge in [0.2, 0.25) is 0 Å². The van der Waals surface area contributed by atoms with Gasteiger partial charge in [-0.2, -0.15) is 0 Å². The van der Waals surface area contributed by atoms with E-state index in [4.69, 9.17) is 5.11 Å². The minimum absolute atomic E-state index is 0.700. The van der Waals surface area contributed by atoms with Crippen molar-refractivity contribution in [2.75, 3.05) is 0 Å². The fraction of sp³-hybridized carbons (Fsp3) is 0.100. The van der Waals surface area contributed by atoms with E-state index in [2.05, 4.69) is 31.9 Å². The Morgan fingerprint density at radius 2 is 2.21 bits per heavy atom. The summed E-state index contributed by atoms with van der Waals surface area (Å²) in [5.74, 6) is -0.943. The first-order valence-electron chi connectivity index (χ1n) is 3.89. The van der Waals surface area contributed by atoms with Gasteiger partial charge in [-0.1, -0.05) is 44.0 Å². The van der Waals surface area contributed by atoms with Gasteiger partial charge in [-0.3, -0.25) is 0 Å². The van der Waals surface area contributed by atoms with E-state index < -0.39 is 5.97 Å². The molecule has 0 unspecified atom stereocenters. The molecular weight excluding hydrogens is 312 g/mol. The van der Waals surface area contributed by atoms with Gasteiger partial charge in [0.1, 0.15) is 0 Å². The maximum absolute atomic E-state index is 10.4. The van der Waals surface area contributed by atoms with Gasteiger partial charge in [0.05, 0.1) is 0 Å². The van der Waals surface area contributed by atoms with Gasteiger partial charge < -0.3 is 5.11 Å².